The van der Waals surface area contributed by atoms with E-state index in [1.165, 1.54) is 13.4 Å². The van der Waals surface area contributed by atoms with Crippen molar-refractivity contribution in [3.8, 4) is 0 Å². The molecule has 2 aromatic carbocycles. The molecule has 1 heterocycles. The number of carboxylic acid groups (broad SMARTS) is 1. The topological polar surface area (TPSA) is 125 Å². The molecule has 32 heavy (non-hydrogen) atoms. The molecule has 0 aliphatic heterocycles. The first-order valence-electron chi connectivity index (χ1n) is 8.88. The Balaban J connectivity index is 0.000000451. The van der Waals surface area contributed by atoms with Crippen LogP contribution in [0.4, 0.5) is 30.4 Å². The minimum Gasteiger partial charge on any atom is -0.475 e. The lowest BCUT2D eigenvalue weighted by molar-refractivity contribution is -0.192. The van der Waals surface area contributed by atoms with Gasteiger partial charge in [-0.2, -0.15) is 13.2 Å². The number of anilines is 3. The van der Waals surface area contributed by atoms with Crippen LogP contribution in [0.15, 0.2) is 53.7 Å². The Bertz CT molecular complexity index is 1210. The Labute approximate surface area is 182 Å². The van der Waals surface area contributed by atoms with Crippen molar-refractivity contribution in [2.24, 2.45) is 0 Å². The van der Waals surface area contributed by atoms with E-state index in [1.807, 2.05) is 43.3 Å². The van der Waals surface area contributed by atoms with E-state index in [2.05, 4.69) is 20.0 Å². The molecule has 0 bridgehead atoms. The maximum absolute atomic E-state index is 12.1. The molecule has 3 aromatic rings. The van der Waals surface area contributed by atoms with Gasteiger partial charge in [0.1, 0.15) is 12.1 Å². The number of nitrogens with one attached hydrogen (secondary N) is 2. The van der Waals surface area contributed by atoms with Crippen LogP contribution in [-0.2, 0) is 14.8 Å². The SMILES string of the molecule is CNS(=O)(=O)c1ccc(N(C)C)c(Nc2ncnc3ccccc23)c1.O=C(O)C(F)(F)F. The summed E-state index contributed by atoms with van der Waals surface area (Å²) in [6.45, 7) is 0. The smallest absolute Gasteiger partial charge is 0.475 e. The maximum Gasteiger partial charge on any atom is 0.490 e. The van der Waals surface area contributed by atoms with Gasteiger partial charge in [-0.25, -0.2) is 27.9 Å². The fourth-order valence-electron chi connectivity index (χ4n) is 2.52. The molecule has 3 N–H and O–H groups in total. The number of alkyl halides is 3. The Kier molecular flexibility index (Phi) is 7.59. The molecule has 0 spiro atoms. The van der Waals surface area contributed by atoms with Crippen molar-refractivity contribution in [1.82, 2.24) is 14.7 Å². The van der Waals surface area contributed by atoms with E-state index >= 15 is 0 Å². The van der Waals surface area contributed by atoms with E-state index in [0.717, 1.165) is 16.6 Å². The van der Waals surface area contributed by atoms with Gasteiger partial charge in [-0.15, -0.1) is 0 Å². The van der Waals surface area contributed by atoms with Crippen LogP contribution in [0.5, 0.6) is 0 Å². The van der Waals surface area contributed by atoms with Crippen LogP contribution < -0.4 is 14.9 Å². The van der Waals surface area contributed by atoms with E-state index in [4.69, 9.17) is 9.90 Å². The number of carboxylic acids is 1. The van der Waals surface area contributed by atoms with Gasteiger partial charge in [0.05, 0.1) is 21.8 Å². The second kappa shape index (κ2) is 9.78. The lowest BCUT2D eigenvalue weighted by Crippen LogP contribution is -2.21. The van der Waals surface area contributed by atoms with E-state index < -0.39 is 22.2 Å². The average Bonchev–Trinajstić information content (AvgIpc) is 2.73. The molecule has 0 radical (unpaired) electrons. The number of halogens is 3. The number of aliphatic carboxylic acids is 1. The molecule has 3 rings (SSSR count). The Morgan fingerprint density at radius 2 is 1.72 bits per heavy atom. The summed E-state index contributed by atoms with van der Waals surface area (Å²) in [7, 11) is 1.64. The average molecular weight is 471 g/mol. The van der Waals surface area contributed by atoms with Crippen molar-refractivity contribution in [1.29, 1.82) is 0 Å². The van der Waals surface area contributed by atoms with Crippen LogP contribution in [0, 0.1) is 0 Å². The minimum atomic E-state index is -5.08. The van der Waals surface area contributed by atoms with Gasteiger partial charge in [0.2, 0.25) is 10.0 Å². The first-order chi connectivity index (χ1) is 14.9. The summed E-state index contributed by atoms with van der Waals surface area (Å²) in [6, 6.07) is 12.6. The summed E-state index contributed by atoms with van der Waals surface area (Å²) in [4.78, 5) is 19.5. The number of benzene rings is 2. The van der Waals surface area contributed by atoms with Crippen LogP contribution in [0.2, 0.25) is 0 Å². The molecule has 9 nitrogen and oxygen atoms in total. The molecule has 172 valence electrons. The zero-order chi connectivity index (χ0) is 24.1. The molecule has 0 amide bonds. The molecule has 0 saturated heterocycles. The predicted molar refractivity (Wildman–Crippen MR) is 114 cm³/mol. The molecule has 0 fully saturated rings. The highest BCUT2D eigenvalue weighted by Crippen LogP contribution is 2.31. The molecule has 13 heteroatoms. The number of hydrogen-bond acceptors (Lipinski definition) is 7. The summed E-state index contributed by atoms with van der Waals surface area (Å²) < 4.78 is 58.3. The van der Waals surface area contributed by atoms with Crippen molar-refractivity contribution in [3.63, 3.8) is 0 Å². The molecule has 0 unspecified atom stereocenters. The van der Waals surface area contributed by atoms with E-state index in [-0.39, 0.29) is 4.90 Å². The first-order valence-corrected chi connectivity index (χ1v) is 10.4. The van der Waals surface area contributed by atoms with Crippen molar-refractivity contribution in [2.75, 3.05) is 31.4 Å². The zero-order valence-electron chi connectivity index (χ0n) is 17.2. The predicted octanol–water partition coefficient (Wildman–Crippen LogP) is 2.98. The molecule has 0 saturated carbocycles. The highest BCUT2D eigenvalue weighted by atomic mass is 32.2. The molecular weight excluding hydrogens is 451 g/mol. The quantitative estimate of drug-likeness (QED) is 0.519. The van der Waals surface area contributed by atoms with Crippen molar-refractivity contribution in [2.45, 2.75) is 11.1 Å². The monoisotopic (exact) mass is 471 g/mol. The lowest BCUT2D eigenvalue weighted by atomic mass is 10.2. The normalized spacial score (nSPS) is 11.4. The van der Waals surface area contributed by atoms with Gasteiger partial charge >= 0.3 is 12.1 Å². The third kappa shape index (κ3) is 6.04. The van der Waals surface area contributed by atoms with Gasteiger partial charge in [-0.05, 0) is 37.4 Å². The van der Waals surface area contributed by atoms with E-state index in [0.29, 0.717) is 11.5 Å². The number of hydrogen-bond donors (Lipinski definition) is 3. The van der Waals surface area contributed by atoms with E-state index in [1.54, 1.807) is 18.2 Å². The molecular formula is C19H20F3N5O4S. The summed E-state index contributed by atoms with van der Waals surface area (Å²) >= 11 is 0. The van der Waals surface area contributed by atoms with Gasteiger partial charge in [0.25, 0.3) is 0 Å². The minimum absolute atomic E-state index is 0.182. The van der Waals surface area contributed by atoms with Crippen molar-refractivity contribution >= 4 is 44.1 Å². The third-order valence-electron chi connectivity index (χ3n) is 4.07. The molecule has 1 aromatic heterocycles. The lowest BCUT2D eigenvalue weighted by Gasteiger charge is -2.19. The summed E-state index contributed by atoms with van der Waals surface area (Å²) in [5.74, 6) is -2.14. The number of rotatable bonds is 5. The third-order valence-corrected chi connectivity index (χ3v) is 5.48. The standard InChI is InChI=1S/C17H19N5O2S.C2HF3O2/c1-18-25(23,24)12-8-9-16(22(2)3)15(10-12)21-17-13-6-4-5-7-14(13)19-11-20-17;3-2(4,5)1(6)7/h4-11,18H,1-3H3,(H,19,20,21);(H,6,7). The number of aromatic nitrogens is 2. The molecule has 0 aliphatic rings. The number of fused-ring (bicyclic) bond motifs is 1. The summed E-state index contributed by atoms with van der Waals surface area (Å²) in [5, 5.41) is 11.2. The van der Waals surface area contributed by atoms with Gasteiger partial charge in [-0.3, -0.25) is 0 Å². The molecule has 0 aliphatic carbocycles. The summed E-state index contributed by atoms with van der Waals surface area (Å²) in [5.41, 5.74) is 2.30. The first kappa shape index (κ1) is 24.8. The van der Waals surface area contributed by atoms with Gasteiger partial charge in [0, 0.05) is 19.5 Å². The van der Waals surface area contributed by atoms with Crippen molar-refractivity contribution < 1.29 is 31.5 Å². The summed E-state index contributed by atoms with van der Waals surface area (Å²) in [6.07, 6.45) is -3.60. The van der Waals surface area contributed by atoms with Gasteiger partial charge in [-0.1, -0.05) is 12.1 Å². The Morgan fingerprint density at radius 3 is 2.28 bits per heavy atom. The number of carbonyl (C=O) groups is 1. The van der Waals surface area contributed by atoms with Crippen molar-refractivity contribution in [3.05, 3.63) is 48.8 Å². The molecule has 0 atom stereocenters. The highest BCUT2D eigenvalue weighted by molar-refractivity contribution is 7.89. The second-order valence-electron chi connectivity index (χ2n) is 6.45. The Hall–Kier alpha value is -3.45. The van der Waals surface area contributed by atoms with Crippen LogP contribution in [-0.4, -0.2) is 56.8 Å². The number of para-hydroxylation sites is 1. The van der Waals surface area contributed by atoms with Crippen LogP contribution in [0.1, 0.15) is 0 Å². The van der Waals surface area contributed by atoms with Crippen LogP contribution >= 0.6 is 0 Å². The van der Waals surface area contributed by atoms with Crippen LogP contribution in [0.3, 0.4) is 0 Å². The fourth-order valence-corrected chi connectivity index (χ4v) is 3.28. The van der Waals surface area contributed by atoms with E-state index in [9.17, 15) is 21.6 Å². The highest BCUT2D eigenvalue weighted by Gasteiger charge is 2.38. The number of sulfonamides is 1. The number of nitrogens with zero attached hydrogens (tertiary/aromatic N) is 3. The van der Waals surface area contributed by atoms with Gasteiger partial charge in [0.15, 0.2) is 0 Å². The second-order valence-corrected chi connectivity index (χ2v) is 8.33. The zero-order valence-corrected chi connectivity index (χ0v) is 18.0. The van der Waals surface area contributed by atoms with Gasteiger partial charge < -0.3 is 15.3 Å². The Morgan fingerprint density at radius 1 is 1.09 bits per heavy atom. The van der Waals surface area contributed by atoms with Crippen LogP contribution in [0.25, 0.3) is 10.9 Å². The largest absolute Gasteiger partial charge is 0.490 e. The maximum atomic E-state index is 12.1. The fraction of sp³-hybridized carbons (Fsp3) is 0.211.